The van der Waals surface area contributed by atoms with Crippen molar-refractivity contribution in [1.29, 1.82) is 0 Å². The van der Waals surface area contributed by atoms with Crippen molar-refractivity contribution >= 4 is 27.7 Å². The number of amides is 2. The maximum Gasteiger partial charge on any atom is 0.227 e. The van der Waals surface area contributed by atoms with E-state index in [1.54, 1.807) is 0 Å². The van der Waals surface area contributed by atoms with Crippen molar-refractivity contribution in [3.63, 3.8) is 0 Å². The van der Waals surface area contributed by atoms with Gasteiger partial charge in [0, 0.05) is 42.6 Å². The Bertz CT molecular complexity index is 806. The molecule has 1 aliphatic heterocycles. The molecule has 0 radical (unpaired) electrons. The number of hydrogen-bond donors (Lipinski definition) is 0. The molecule has 3 rings (SSSR count). The normalized spacial score (nSPS) is 14.5. The van der Waals surface area contributed by atoms with Gasteiger partial charge in [0.15, 0.2) is 0 Å². The highest BCUT2D eigenvalue weighted by Gasteiger charge is 2.25. The number of hydrogen-bond acceptors (Lipinski definition) is 4. The standard InChI is InChI=1S/C20H24BrN3O3/c1-14-17(15(2)27-22-14)13-20(26)24-11-9-23(10-12-24)19(25)8-7-16-5-3-4-6-18(16)21/h3-6H,7-13H2,1-2H3. The molecule has 0 bridgehead atoms. The lowest BCUT2D eigenvalue weighted by atomic mass is 10.1. The molecule has 1 saturated heterocycles. The topological polar surface area (TPSA) is 66.7 Å². The Morgan fingerprint density at radius 2 is 1.70 bits per heavy atom. The van der Waals surface area contributed by atoms with Gasteiger partial charge in [-0.15, -0.1) is 0 Å². The Balaban J connectivity index is 1.47. The largest absolute Gasteiger partial charge is 0.361 e. The van der Waals surface area contributed by atoms with E-state index in [9.17, 15) is 9.59 Å². The summed E-state index contributed by atoms with van der Waals surface area (Å²) in [7, 11) is 0. The third kappa shape index (κ3) is 4.77. The number of aryl methyl sites for hydroxylation is 3. The minimum absolute atomic E-state index is 0.0599. The average Bonchev–Trinajstić information content (AvgIpc) is 2.99. The van der Waals surface area contributed by atoms with Crippen molar-refractivity contribution in [2.75, 3.05) is 26.2 Å². The molecule has 2 heterocycles. The molecule has 144 valence electrons. The lowest BCUT2D eigenvalue weighted by molar-refractivity contribution is -0.139. The molecule has 7 heteroatoms. The minimum Gasteiger partial charge on any atom is -0.361 e. The zero-order valence-electron chi connectivity index (χ0n) is 15.7. The number of benzene rings is 1. The SMILES string of the molecule is Cc1noc(C)c1CC(=O)N1CCN(C(=O)CCc2ccccc2Br)CC1. The predicted molar refractivity (Wildman–Crippen MR) is 105 cm³/mol. The van der Waals surface area contributed by atoms with Crippen molar-refractivity contribution in [2.45, 2.75) is 33.1 Å². The van der Waals surface area contributed by atoms with Gasteiger partial charge >= 0.3 is 0 Å². The highest BCUT2D eigenvalue weighted by atomic mass is 79.9. The number of aromatic nitrogens is 1. The Hall–Kier alpha value is -2.15. The first kappa shape index (κ1) is 19.6. The maximum absolute atomic E-state index is 12.5. The van der Waals surface area contributed by atoms with Gasteiger partial charge in [-0.1, -0.05) is 39.3 Å². The molecule has 0 aliphatic carbocycles. The summed E-state index contributed by atoms with van der Waals surface area (Å²) in [5, 5.41) is 3.90. The van der Waals surface area contributed by atoms with E-state index in [-0.39, 0.29) is 11.8 Å². The first-order valence-corrected chi connectivity index (χ1v) is 9.95. The van der Waals surface area contributed by atoms with Crippen LogP contribution in [0.2, 0.25) is 0 Å². The molecule has 1 fully saturated rings. The summed E-state index contributed by atoms with van der Waals surface area (Å²) in [6.07, 6.45) is 1.50. The monoisotopic (exact) mass is 433 g/mol. The van der Waals surface area contributed by atoms with Crippen LogP contribution in [-0.2, 0) is 22.4 Å². The van der Waals surface area contributed by atoms with Crippen LogP contribution in [0.3, 0.4) is 0 Å². The number of carbonyl (C=O) groups is 2. The number of piperazine rings is 1. The summed E-state index contributed by atoms with van der Waals surface area (Å²) >= 11 is 3.52. The highest BCUT2D eigenvalue weighted by molar-refractivity contribution is 9.10. The molecular formula is C20H24BrN3O3. The lowest BCUT2D eigenvalue weighted by Gasteiger charge is -2.35. The number of halogens is 1. The van der Waals surface area contributed by atoms with E-state index in [2.05, 4.69) is 21.1 Å². The molecule has 2 amide bonds. The highest BCUT2D eigenvalue weighted by Crippen LogP contribution is 2.18. The van der Waals surface area contributed by atoms with Crippen LogP contribution in [0, 0.1) is 13.8 Å². The fourth-order valence-corrected chi connectivity index (χ4v) is 3.81. The molecule has 27 heavy (non-hydrogen) atoms. The van der Waals surface area contributed by atoms with Crippen LogP contribution in [0.4, 0.5) is 0 Å². The first-order chi connectivity index (χ1) is 13.0. The van der Waals surface area contributed by atoms with Gasteiger partial charge in [0.25, 0.3) is 0 Å². The van der Waals surface area contributed by atoms with E-state index in [0.717, 1.165) is 21.3 Å². The molecule has 0 atom stereocenters. The predicted octanol–water partition coefficient (Wildman–Crippen LogP) is 2.90. The second-order valence-electron chi connectivity index (χ2n) is 6.83. The van der Waals surface area contributed by atoms with E-state index < -0.39 is 0 Å². The summed E-state index contributed by atoms with van der Waals surface area (Å²) in [5.41, 5.74) is 2.77. The van der Waals surface area contributed by atoms with Gasteiger partial charge in [-0.2, -0.15) is 0 Å². The second-order valence-corrected chi connectivity index (χ2v) is 7.69. The first-order valence-electron chi connectivity index (χ1n) is 9.16. The maximum atomic E-state index is 12.5. The van der Waals surface area contributed by atoms with Gasteiger partial charge in [0.1, 0.15) is 5.76 Å². The van der Waals surface area contributed by atoms with E-state index >= 15 is 0 Å². The van der Waals surface area contributed by atoms with Gasteiger partial charge < -0.3 is 14.3 Å². The summed E-state index contributed by atoms with van der Waals surface area (Å²) < 4.78 is 6.16. The third-order valence-electron chi connectivity index (χ3n) is 5.06. The summed E-state index contributed by atoms with van der Waals surface area (Å²) in [4.78, 5) is 28.7. The zero-order valence-corrected chi connectivity index (χ0v) is 17.3. The average molecular weight is 434 g/mol. The van der Waals surface area contributed by atoms with Crippen molar-refractivity contribution in [1.82, 2.24) is 15.0 Å². The Labute approximate surface area is 167 Å². The van der Waals surface area contributed by atoms with Crippen molar-refractivity contribution in [2.24, 2.45) is 0 Å². The number of nitrogens with zero attached hydrogens (tertiary/aromatic N) is 3. The van der Waals surface area contributed by atoms with Gasteiger partial charge in [0.2, 0.25) is 11.8 Å². The van der Waals surface area contributed by atoms with Crippen LogP contribution < -0.4 is 0 Å². The zero-order chi connectivity index (χ0) is 19.4. The Morgan fingerprint density at radius 1 is 1.07 bits per heavy atom. The van der Waals surface area contributed by atoms with Crippen LogP contribution in [0.5, 0.6) is 0 Å². The summed E-state index contributed by atoms with van der Waals surface area (Å²) in [6.45, 7) is 5.99. The molecule has 0 unspecified atom stereocenters. The van der Waals surface area contributed by atoms with E-state index in [1.165, 1.54) is 0 Å². The number of carbonyl (C=O) groups excluding carboxylic acids is 2. The smallest absolute Gasteiger partial charge is 0.227 e. The van der Waals surface area contributed by atoms with Gasteiger partial charge in [0.05, 0.1) is 12.1 Å². The van der Waals surface area contributed by atoms with E-state index in [4.69, 9.17) is 4.52 Å². The molecule has 2 aromatic rings. The second kappa shape index (κ2) is 8.69. The molecule has 1 aromatic heterocycles. The van der Waals surface area contributed by atoms with Crippen LogP contribution >= 0.6 is 15.9 Å². The van der Waals surface area contributed by atoms with Crippen LogP contribution in [0.25, 0.3) is 0 Å². The van der Waals surface area contributed by atoms with Crippen molar-refractivity contribution < 1.29 is 14.1 Å². The molecule has 0 spiro atoms. The molecule has 1 aliphatic rings. The summed E-state index contributed by atoms with van der Waals surface area (Å²) in [6, 6.07) is 7.97. The molecule has 0 saturated carbocycles. The van der Waals surface area contributed by atoms with E-state index in [0.29, 0.717) is 51.2 Å². The van der Waals surface area contributed by atoms with Crippen LogP contribution in [-0.4, -0.2) is 52.9 Å². The van der Waals surface area contributed by atoms with Gasteiger partial charge in [-0.3, -0.25) is 9.59 Å². The Kier molecular flexibility index (Phi) is 6.31. The number of rotatable bonds is 5. The fraction of sp³-hybridized carbons (Fsp3) is 0.450. The van der Waals surface area contributed by atoms with Gasteiger partial charge in [-0.25, -0.2) is 0 Å². The van der Waals surface area contributed by atoms with Crippen LogP contribution in [0.15, 0.2) is 33.3 Å². The van der Waals surface area contributed by atoms with Crippen LogP contribution in [0.1, 0.15) is 29.0 Å². The third-order valence-corrected chi connectivity index (χ3v) is 5.83. The lowest BCUT2D eigenvalue weighted by Crippen LogP contribution is -2.51. The summed E-state index contributed by atoms with van der Waals surface area (Å²) in [5.74, 6) is 0.898. The van der Waals surface area contributed by atoms with Crippen molar-refractivity contribution in [3.8, 4) is 0 Å². The molecule has 1 aromatic carbocycles. The Morgan fingerprint density at radius 3 is 2.30 bits per heavy atom. The van der Waals surface area contributed by atoms with Gasteiger partial charge in [-0.05, 0) is 31.9 Å². The molecular weight excluding hydrogens is 410 g/mol. The fourth-order valence-electron chi connectivity index (χ4n) is 3.32. The minimum atomic E-state index is 0.0599. The molecule has 0 N–H and O–H groups in total. The quantitative estimate of drug-likeness (QED) is 0.726. The van der Waals surface area contributed by atoms with Crippen molar-refractivity contribution in [3.05, 3.63) is 51.3 Å². The molecule has 6 nitrogen and oxygen atoms in total. The van der Waals surface area contributed by atoms with E-state index in [1.807, 2.05) is 47.9 Å².